The number of aliphatic carboxylic acids is 1. The Bertz CT molecular complexity index is 297. The van der Waals surface area contributed by atoms with Crippen LogP contribution in [-0.2, 0) is 9.53 Å². The summed E-state index contributed by atoms with van der Waals surface area (Å²) >= 11 is 0. The SMILES string of the molecule is O=C(O)CCCCCCCCCCCNC(=O)OCCCCO. The van der Waals surface area contributed by atoms with Crippen molar-refractivity contribution >= 4 is 12.1 Å². The van der Waals surface area contributed by atoms with Gasteiger partial charge in [0, 0.05) is 19.6 Å². The fourth-order valence-corrected chi connectivity index (χ4v) is 2.26. The Kier molecular flexibility index (Phi) is 16.1. The highest BCUT2D eigenvalue weighted by Gasteiger charge is 2.00. The van der Waals surface area contributed by atoms with Crippen LogP contribution in [0, 0.1) is 0 Å². The first-order valence-electron chi connectivity index (χ1n) is 8.90. The van der Waals surface area contributed by atoms with E-state index in [0.717, 1.165) is 32.1 Å². The highest BCUT2D eigenvalue weighted by atomic mass is 16.5. The number of alkyl carbamates (subject to hydrolysis) is 1. The van der Waals surface area contributed by atoms with Gasteiger partial charge < -0.3 is 20.3 Å². The molecule has 0 saturated carbocycles. The Hall–Kier alpha value is -1.30. The maximum Gasteiger partial charge on any atom is 0.407 e. The molecule has 1 amide bonds. The van der Waals surface area contributed by atoms with Crippen molar-refractivity contribution in [1.29, 1.82) is 0 Å². The molecule has 0 saturated heterocycles. The number of hydrogen-bond acceptors (Lipinski definition) is 4. The summed E-state index contributed by atoms with van der Waals surface area (Å²) in [6, 6.07) is 0. The summed E-state index contributed by atoms with van der Waals surface area (Å²) in [4.78, 5) is 21.6. The van der Waals surface area contributed by atoms with Gasteiger partial charge in [0.05, 0.1) is 6.61 Å². The molecule has 0 rings (SSSR count). The molecule has 23 heavy (non-hydrogen) atoms. The highest BCUT2D eigenvalue weighted by molar-refractivity contribution is 5.67. The van der Waals surface area contributed by atoms with Crippen molar-refractivity contribution in [2.24, 2.45) is 0 Å². The number of aliphatic hydroxyl groups excluding tert-OH is 1. The zero-order chi connectivity index (χ0) is 17.2. The summed E-state index contributed by atoms with van der Waals surface area (Å²) in [6.07, 6.45) is 11.0. The number of hydrogen-bond donors (Lipinski definition) is 3. The lowest BCUT2D eigenvalue weighted by Gasteiger charge is -2.06. The molecule has 0 aliphatic carbocycles. The van der Waals surface area contributed by atoms with Gasteiger partial charge in [0.15, 0.2) is 0 Å². The second-order valence-corrected chi connectivity index (χ2v) is 5.82. The molecular weight excluding hydrogens is 298 g/mol. The van der Waals surface area contributed by atoms with E-state index in [-0.39, 0.29) is 19.1 Å². The fourth-order valence-electron chi connectivity index (χ4n) is 2.26. The number of amides is 1. The van der Waals surface area contributed by atoms with Gasteiger partial charge in [-0.25, -0.2) is 4.79 Å². The molecule has 0 spiro atoms. The van der Waals surface area contributed by atoms with Gasteiger partial charge in [0.1, 0.15) is 0 Å². The Labute approximate surface area is 139 Å². The van der Waals surface area contributed by atoms with Gasteiger partial charge in [0.25, 0.3) is 0 Å². The lowest BCUT2D eigenvalue weighted by molar-refractivity contribution is -0.137. The lowest BCUT2D eigenvalue weighted by Crippen LogP contribution is -2.25. The largest absolute Gasteiger partial charge is 0.481 e. The maximum atomic E-state index is 11.3. The van der Waals surface area contributed by atoms with Crippen molar-refractivity contribution in [3.63, 3.8) is 0 Å². The third-order valence-electron chi connectivity index (χ3n) is 3.62. The van der Waals surface area contributed by atoms with E-state index in [2.05, 4.69) is 5.32 Å². The molecule has 0 aromatic rings. The van der Waals surface area contributed by atoms with E-state index in [9.17, 15) is 9.59 Å². The van der Waals surface area contributed by atoms with Crippen molar-refractivity contribution in [1.82, 2.24) is 5.32 Å². The number of nitrogens with one attached hydrogen (secondary N) is 1. The third kappa shape index (κ3) is 18.7. The van der Waals surface area contributed by atoms with Gasteiger partial charge in [-0.15, -0.1) is 0 Å². The summed E-state index contributed by atoms with van der Waals surface area (Å²) in [5.41, 5.74) is 0. The minimum absolute atomic E-state index is 0.132. The average molecular weight is 331 g/mol. The number of unbranched alkanes of at least 4 members (excludes halogenated alkanes) is 9. The Morgan fingerprint density at radius 3 is 1.91 bits per heavy atom. The smallest absolute Gasteiger partial charge is 0.407 e. The van der Waals surface area contributed by atoms with Crippen LogP contribution in [-0.4, -0.2) is 42.0 Å². The average Bonchev–Trinajstić information content (AvgIpc) is 2.52. The number of aliphatic hydroxyl groups is 1. The van der Waals surface area contributed by atoms with Crippen LogP contribution >= 0.6 is 0 Å². The predicted octanol–water partition coefficient (Wildman–Crippen LogP) is 3.47. The number of rotatable bonds is 16. The fraction of sp³-hybridized carbons (Fsp3) is 0.882. The topological polar surface area (TPSA) is 95.9 Å². The second-order valence-electron chi connectivity index (χ2n) is 5.82. The van der Waals surface area contributed by atoms with Gasteiger partial charge in [-0.05, 0) is 25.7 Å². The first-order valence-corrected chi connectivity index (χ1v) is 8.90. The van der Waals surface area contributed by atoms with Crippen LogP contribution in [0.4, 0.5) is 4.79 Å². The zero-order valence-electron chi connectivity index (χ0n) is 14.2. The normalized spacial score (nSPS) is 10.5. The Morgan fingerprint density at radius 2 is 1.35 bits per heavy atom. The van der Waals surface area contributed by atoms with Gasteiger partial charge in [0.2, 0.25) is 0 Å². The molecule has 3 N–H and O–H groups in total. The summed E-state index contributed by atoms with van der Waals surface area (Å²) in [7, 11) is 0. The van der Waals surface area contributed by atoms with Crippen LogP contribution in [0.15, 0.2) is 0 Å². The molecule has 0 radical (unpaired) electrons. The van der Waals surface area contributed by atoms with Crippen molar-refractivity contribution in [2.45, 2.75) is 77.0 Å². The molecule has 0 fully saturated rings. The Morgan fingerprint density at radius 1 is 0.783 bits per heavy atom. The van der Waals surface area contributed by atoms with Crippen LogP contribution in [0.3, 0.4) is 0 Å². The van der Waals surface area contributed by atoms with Crippen molar-refractivity contribution in [3.8, 4) is 0 Å². The molecule has 0 bridgehead atoms. The van der Waals surface area contributed by atoms with Gasteiger partial charge in [-0.2, -0.15) is 0 Å². The molecule has 0 aliphatic rings. The molecular formula is C17H33NO5. The van der Waals surface area contributed by atoms with Crippen LogP contribution in [0.2, 0.25) is 0 Å². The molecule has 0 heterocycles. The molecule has 0 aromatic carbocycles. The first-order chi connectivity index (χ1) is 11.2. The number of carboxylic acids is 1. The maximum absolute atomic E-state index is 11.3. The minimum Gasteiger partial charge on any atom is -0.481 e. The van der Waals surface area contributed by atoms with Crippen molar-refractivity contribution < 1.29 is 24.5 Å². The van der Waals surface area contributed by atoms with Gasteiger partial charge in [-0.3, -0.25) is 4.79 Å². The molecule has 136 valence electrons. The van der Waals surface area contributed by atoms with E-state index in [0.29, 0.717) is 26.0 Å². The van der Waals surface area contributed by atoms with E-state index in [1.165, 1.54) is 25.7 Å². The van der Waals surface area contributed by atoms with Crippen LogP contribution in [0.1, 0.15) is 77.0 Å². The van der Waals surface area contributed by atoms with Crippen molar-refractivity contribution in [2.75, 3.05) is 19.8 Å². The number of ether oxygens (including phenoxy) is 1. The summed E-state index contributed by atoms with van der Waals surface area (Å²) in [6.45, 7) is 1.14. The number of carboxylic acid groups (broad SMARTS) is 1. The summed E-state index contributed by atoms with van der Waals surface area (Å²) in [5, 5.41) is 19.8. The van der Waals surface area contributed by atoms with Gasteiger partial charge >= 0.3 is 12.1 Å². The summed E-state index contributed by atoms with van der Waals surface area (Å²) in [5.74, 6) is -0.701. The van der Waals surface area contributed by atoms with Crippen LogP contribution < -0.4 is 5.32 Å². The van der Waals surface area contributed by atoms with Crippen LogP contribution in [0.5, 0.6) is 0 Å². The molecule has 0 aliphatic heterocycles. The van der Waals surface area contributed by atoms with Crippen LogP contribution in [0.25, 0.3) is 0 Å². The minimum atomic E-state index is -0.701. The third-order valence-corrected chi connectivity index (χ3v) is 3.62. The quantitative estimate of drug-likeness (QED) is 0.376. The predicted molar refractivity (Wildman–Crippen MR) is 89.5 cm³/mol. The van der Waals surface area contributed by atoms with E-state index >= 15 is 0 Å². The van der Waals surface area contributed by atoms with E-state index in [1.807, 2.05) is 0 Å². The molecule has 0 atom stereocenters. The number of carbonyl (C=O) groups excluding carboxylic acids is 1. The standard InChI is InChI=1S/C17H33NO5/c19-14-10-11-15-23-17(22)18-13-9-7-5-3-1-2-4-6-8-12-16(20)21/h19H,1-15H2,(H,18,22)(H,20,21). The monoisotopic (exact) mass is 331 g/mol. The van der Waals surface area contributed by atoms with Gasteiger partial charge in [-0.1, -0.05) is 44.9 Å². The molecule has 0 unspecified atom stereocenters. The van der Waals surface area contributed by atoms with E-state index < -0.39 is 5.97 Å². The second kappa shape index (κ2) is 17.1. The van der Waals surface area contributed by atoms with E-state index in [1.54, 1.807) is 0 Å². The van der Waals surface area contributed by atoms with Crippen molar-refractivity contribution in [3.05, 3.63) is 0 Å². The molecule has 6 nitrogen and oxygen atoms in total. The highest BCUT2D eigenvalue weighted by Crippen LogP contribution is 2.10. The molecule has 0 aromatic heterocycles. The summed E-state index contributed by atoms with van der Waals surface area (Å²) < 4.78 is 4.95. The van der Waals surface area contributed by atoms with E-state index in [4.69, 9.17) is 14.9 Å². The number of carbonyl (C=O) groups is 2. The molecule has 6 heteroatoms. The Balaban J connectivity index is 3.12. The zero-order valence-corrected chi connectivity index (χ0v) is 14.2. The first kappa shape index (κ1) is 21.7. The lowest BCUT2D eigenvalue weighted by atomic mass is 10.1.